The average Bonchev–Trinajstić information content (AvgIpc) is 2.72. The Bertz CT molecular complexity index is 1000. The number of sulfonamides is 1. The third kappa shape index (κ3) is 6.51. The molecule has 0 spiro atoms. The number of hydrogen-bond acceptors (Lipinski definition) is 8. The normalized spacial score (nSPS) is 23.1. The first-order chi connectivity index (χ1) is 15.2. The molecule has 1 aromatic rings. The number of hydrogen-bond donors (Lipinski definition) is 6. The van der Waals surface area contributed by atoms with Crippen molar-refractivity contribution in [2.75, 3.05) is 6.61 Å². The van der Waals surface area contributed by atoms with Crippen LogP contribution in [0.25, 0.3) is 0 Å². The second-order valence-electron chi connectivity index (χ2n) is 8.81. The Kier molecular flexibility index (Phi) is 8.25. The van der Waals surface area contributed by atoms with Crippen LogP contribution in [0, 0.1) is 0 Å². The molecule has 1 aliphatic rings. The van der Waals surface area contributed by atoms with E-state index in [0.29, 0.717) is 0 Å². The highest BCUT2D eigenvalue weighted by Gasteiger charge is 2.44. The summed E-state index contributed by atoms with van der Waals surface area (Å²) in [6.07, 6.45) is -4.20. The molecule has 33 heavy (non-hydrogen) atoms. The molecule has 1 aliphatic heterocycles. The number of carbonyl (C=O) groups is 2. The molecule has 1 unspecified atom stereocenters. The van der Waals surface area contributed by atoms with E-state index in [-0.39, 0.29) is 10.3 Å². The SMILES string of the molecule is CC(=O)N[C@H]1[C@H]([C@H](O)C(O)CO)OC(C(=O)O)=C[C@@H]1NS(=O)(=O)c1ccc(C(C)(C)C)cc1. The van der Waals surface area contributed by atoms with Crippen molar-refractivity contribution in [3.63, 3.8) is 0 Å². The number of benzene rings is 1. The summed E-state index contributed by atoms with van der Waals surface area (Å²) in [4.78, 5) is 23.2. The molecule has 2 rings (SSSR count). The number of carbonyl (C=O) groups excluding carboxylic acids is 1. The van der Waals surface area contributed by atoms with Gasteiger partial charge in [-0.05, 0) is 29.2 Å². The molecule has 0 saturated carbocycles. The summed E-state index contributed by atoms with van der Waals surface area (Å²) in [5, 5.41) is 41.2. The first-order valence-electron chi connectivity index (χ1n) is 10.2. The van der Waals surface area contributed by atoms with Crippen LogP contribution in [0.4, 0.5) is 0 Å². The molecule has 0 saturated heterocycles. The van der Waals surface area contributed by atoms with Gasteiger partial charge in [0.25, 0.3) is 0 Å². The fourth-order valence-corrected chi connectivity index (χ4v) is 4.56. The zero-order chi connectivity index (χ0) is 25.1. The van der Waals surface area contributed by atoms with Crippen molar-refractivity contribution < 1.29 is 43.2 Å². The predicted octanol–water partition coefficient (Wildman–Crippen LogP) is -0.783. The second kappa shape index (κ2) is 10.2. The van der Waals surface area contributed by atoms with Crippen molar-refractivity contribution in [3.05, 3.63) is 41.7 Å². The molecule has 11 nitrogen and oxygen atoms in total. The van der Waals surface area contributed by atoms with Gasteiger partial charge in [0.15, 0.2) is 0 Å². The van der Waals surface area contributed by atoms with Gasteiger partial charge in [-0.25, -0.2) is 17.9 Å². The number of nitrogens with one attached hydrogen (secondary N) is 2. The largest absolute Gasteiger partial charge is 0.478 e. The number of amides is 1. The zero-order valence-electron chi connectivity index (χ0n) is 18.7. The van der Waals surface area contributed by atoms with E-state index in [1.165, 1.54) is 12.1 Å². The lowest BCUT2D eigenvalue weighted by atomic mass is 9.87. The molecule has 6 N–H and O–H groups in total. The summed E-state index contributed by atoms with van der Waals surface area (Å²) in [5.74, 6) is -2.86. The van der Waals surface area contributed by atoms with Crippen LogP contribution in [0.3, 0.4) is 0 Å². The van der Waals surface area contributed by atoms with Crippen molar-refractivity contribution in [1.82, 2.24) is 10.0 Å². The minimum absolute atomic E-state index is 0.0960. The third-order valence-corrected chi connectivity index (χ3v) is 6.63. The van der Waals surface area contributed by atoms with Gasteiger partial charge in [-0.15, -0.1) is 0 Å². The van der Waals surface area contributed by atoms with E-state index in [2.05, 4.69) is 10.0 Å². The van der Waals surface area contributed by atoms with Gasteiger partial charge in [-0.2, -0.15) is 0 Å². The number of aliphatic hydroxyl groups excluding tert-OH is 3. The first kappa shape index (κ1) is 26.7. The maximum Gasteiger partial charge on any atom is 0.370 e. The van der Waals surface area contributed by atoms with Crippen LogP contribution in [0.5, 0.6) is 0 Å². The summed E-state index contributed by atoms with van der Waals surface area (Å²) in [6.45, 7) is 6.17. The molecule has 0 aliphatic carbocycles. The molecule has 1 heterocycles. The van der Waals surface area contributed by atoms with Crippen LogP contribution in [-0.2, 0) is 29.8 Å². The Morgan fingerprint density at radius 3 is 2.18 bits per heavy atom. The third-order valence-electron chi connectivity index (χ3n) is 5.16. The molecule has 184 valence electrons. The molecule has 0 radical (unpaired) electrons. The number of carboxylic acid groups (broad SMARTS) is 1. The Labute approximate surface area is 192 Å². The molecular formula is C21H30N2O9S. The molecule has 5 atom stereocenters. The minimum Gasteiger partial charge on any atom is -0.478 e. The van der Waals surface area contributed by atoms with Crippen LogP contribution in [-0.4, -0.2) is 77.7 Å². The number of rotatable bonds is 8. The lowest BCUT2D eigenvalue weighted by Crippen LogP contribution is -2.63. The summed E-state index contributed by atoms with van der Waals surface area (Å²) >= 11 is 0. The smallest absolute Gasteiger partial charge is 0.370 e. The lowest BCUT2D eigenvalue weighted by molar-refractivity contribution is -0.146. The van der Waals surface area contributed by atoms with Crippen LogP contribution >= 0.6 is 0 Å². The van der Waals surface area contributed by atoms with Crippen LogP contribution in [0.2, 0.25) is 0 Å². The van der Waals surface area contributed by atoms with Crippen LogP contribution < -0.4 is 10.0 Å². The number of carboxylic acids is 1. The standard InChI is InChI=1S/C21H30N2O9S/c1-11(25)22-17-14(9-16(20(28)29)32-19(17)18(27)15(26)10-24)23-33(30,31)13-7-5-12(6-8-13)21(2,3)4/h5-9,14-15,17-19,23-24,26-27H,10H2,1-4H3,(H,22,25)(H,28,29)/t14-,15?,17+,18+,19+/m0/s1. The first-order valence-corrected chi connectivity index (χ1v) is 11.6. The quantitative estimate of drug-likeness (QED) is 0.274. The number of aliphatic carboxylic acids is 1. The highest BCUT2D eigenvalue weighted by molar-refractivity contribution is 7.89. The van der Waals surface area contributed by atoms with E-state index in [4.69, 9.17) is 9.84 Å². The molecule has 1 amide bonds. The Balaban J connectivity index is 2.47. The van der Waals surface area contributed by atoms with Crippen molar-refractivity contribution >= 4 is 21.9 Å². The maximum absolute atomic E-state index is 13.0. The topological polar surface area (TPSA) is 182 Å². The maximum atomic E-state index is 13.0. The van der Waals surface area contributed by atoms with Gasteiger partial charge in [-0.3, -0.25) is 4.79 Å². The van der Waals surface area contributed by atoms with Gasteiger partial charge in [-0.1, -0.05) is 32.9 Å². The van der Waals surface area contributed by atoms with E-state index in [1.54, 1.807) is 12.1 Å². The summed E-state index contributed by atoms with van der Waals surface area (Å²) in [5.41, 5.74) is 0.695. The molecule has 0 fully saturated rings. The van der Waals surface area contributed by atoms with Crippen LogP contribution in [0.15, 0.2) is 41.0 Å². The molecule has 0 aromatic heterocycles. The molecule has 1 aromatic carbocycles. The monoisotopic (exact) mass is 486 g/mol. The fourth-order valence-electron chi connectivity index (χ4n) is 3.36. The van der Waals surface area contributed by atoms with Gasteiger partial charge >= 0.3 is 5.97 Å². The van der Waals surface area contributed by atoms with E-state index in [9.17, 15) is 33.3 Å². The van der Waals surface area contributed by atoms with Gasteiger partial charge in [0.2, 0.25) is 21.7 Å². The van der Waals surface area contributed by atoms with Crippen molar-refractivity contribution in [3.8, 4) is 0 Å². The van der Waals surface area contributed by atoms with Crippen molar-refractivity contribution in [2.24, 2.45) is 0 Å². The Morgan fingerprint density at radius 1 is 1.15 bits per heavy atom. The van der Waals surface area contributed by atoms with E-state index in [1.807, 2.05) is 20.8 Å². The van der Waals surface area contributed by atoms with E-state index < -0.39 is 64.7 Å². The van der Waals surface area contributed by atoms with Gasteiger partial charge in [0, 0.05) is 6.92 Å². The molecule has 12 heteroatoms. The second-order valence-corrected chi connectivity index (χ2v) is 10.5. The zero-order valence-corrected chi connectivity index (χ0v) is 19.5. The fraction of sp³-hybridized carbons (Fsp3) is 0.524. The molecular weight excluding hydrogens is 456 g/mol. The Morgan fingerprint density at radius 2 is 1.73 bits per heavy atom. The van der Waals surface area contributed by atoms with Crippen LogP contribution in [0.1, 0.15) is 33.3 Å². The lowest BCUT2D eigenvalue weighted by Gasteiger charge is -2.39. The average molecular weight is 487 g/mol. The van der Waals surface area contributed by atoms with E-state index >= 15 is 0 Å². The van der Waals surface area contributed by atoms with Crippen molar-refractivity contribution in [1.29, 1.82) is 0 Å². The van der Waals surface area contributed by atoms with E-state index in [0.717, 1.165) is 18.6 Å². The molecule has 0 bridgehead atoms. The summed E-state index contributed by atoms with van der Waals surface area (Å²) < 4.78 is 33.7. The van der Waals surface area contributed by atoms with Crippen molar-refractivity contribution in [2.45, 2.75) is 68.4 Å². The minimum atomic E-state index is -4.20. The Hall–Kier alpha value is -2.51. The summed E-state index contributed by atoms with van der Waals surface area (Å²) in [7, 11) is -4.20. The highest BCUT2D eigenvalue weighted by atomic mass is 32.2. The predicted molar refractivity (Wildman–Crippen MR) is 117 cm³/mol. The highest BCUT2D eigenvalue weighted by Crippen LogP contribution is 2.26. The summed E-state index contributed by atoms with van der Waals surface area (Å²) in [6, 6.07) is 3.47. The number of aliphatic hydroxyl groups is 3. The number of ether oxygens (including phenoxy) is 1. The van der Waals surface area contributed by atoms with Gasteiger partial charge in [0.1, 0.15) is 18.3 Å². The van der Waals surface area contributed by atoms with Gasteiger partial charge in [0.05, 0.1) is 23.6 Å². The van der Waals surface area contributed by atoms with Gasteiger partial charge < -0.3 is 30.5 Å².